The van der Waals surface area contributed by atoms with Gasteiger partial charge in [-0.1, -0.05) is 109 Å². The van der Waals surface area contributed by atoms with Gasteiger partial charge in [0.15, 0.2) is 5.78 Å². The van der Waals surface area contributed by atoms with Crippen molar-refractivity contribution in [2.75, 3.05) is 0 Å². The third kappa shape index (κ3) is 3.19. The first-order valence-corrected chi connectivity index (χ1v) is 10.4. The molecule has 0 saturated carbocycles. The molecule has 1 nitrogen and oxygen atoms in total. The van der Waals surface area contributed by atoms with E-state index in [0.29, 0.717) is 0 Å². The standard InChI is InChI=1S/C29H22O/c30-29-27(23-17-9-3-10-18-23)25(21-13-5-1-6-14-21)26(22-15-7-2-8-16-22)28(29)24-19-11-4-12-20-24/h1-7,9-15,17-20H,8,16H2. The fraction of sp³-hybridized carbons (Fsp3) is 0.0690. The van der Waals surface area contributed by atoms with Crippen LogP contribution in [-0.2, 0) is 4.79 Å². The van der Waals surface area contributed by atoms with Gasteiger partial charge in [-0.3, -0.25) is 4.79 Å². The number of allylic oxidation sites excluding steroid dienone is 8. The van der Waals surface area contributed by atoms with Gasteiger partial charge in [-0.05, 0) is 40.7 Å². The van der Waals surface area contributed by atoms with Crippen molar-refractivity contribution >= 4 is 22.5 Å². The lowest BCUT2D eigenvalue weighted by atomic mass is 9.86. The molecule has 0 heterocycles. The summed E-state index contributed by atoms with van der Waals surface area (Å²) in [6, 6.07) is 30.5. The Bertz CT molecular complexity index is 1210. The van der Waals surface area contributed by atoms with Gasteiger partial charge in [-0.2, -0.15) is 0 Å². The Morgan fingerprint density at radius 1 is 0.533 bits per heavy atom. The zero-order valence-corrected chi connectivity index (χ0v) is 16.7. The number of rotatable bonds is 4. The molecule has 0 aliphatic heterocycles. The zero-order chi connectivity index (χ0) is 20.3. The summed E-state index contributed by atoms with van der Waals surface area (Å²) in [5, 5.41) is 0. The molecule has 0 spiro atoms. The average molecular weight is 386 g/mol. The van der Waals surface area contributed by atoms with Crippen LogP contribution in [0.5, 0.6) is 0 Å². The molecule has 0 atom stereocenters. The molecule has 5 rings (SSSR count). The monoisotopic (exact) mass is 386 g/mol. The average Bonchev–Trinajstić information content (AvgIpc) is 3.14. The summed E-state index contributed by atoms with van der Waals surface area (Å²) in [5.41, 5.74) is 8.01. The number of carbonyl (C=O) groups is 1. The second-order valence-corrected chi connectivity index (χ2v) is 7.59. The molecule has 0 N–H and O–H groups in total. The Labute approximate surface area is 177 Å². The van der Waals surface area contributed by atoms with Gasteiger partial charge in [0.2, 0.25) is 0 Å². The van der Waals surface area contributed by atoms with E-state index in [1.54, 1.807) is 0 Å². The maximum atomic E-state index is 14.0. The van der Waals surface area contributed by atoms with Gasteiger partial charge in [0.1, 0.15) is 0 Å². The van der Waals surface area contributed by atoms with Crippen LogP contribution in [0.15, 0.2) is 120 Å². The SMILES string of the molecule is O=C1C(c2ccccc2)=C(C2=CC=CCC2)C(c2ccccc2)=C1c1ccccc1. The third-order valence-corrected chi connectivity index (χ3v) is 5.73. The summed E-state index contributed by atoms with van der Waals surface area (Å²) in [6.07, 6.45) is 8.41. The molecular weight excluding hydrogens is 364 g/mol. The Morgan fingerprint density at radius 2 is 1.00 bits per heavy atom. The number of Topliss-reactive ketones (excluding diaryl/α,β-unsaturated/α-hetero) is 1. The molecule has 0 aromatic heterocycles. The molecule has 0 bridgehead atoms. The van der Waals surface area contributed by atoms with E-state index in [9.17, 15) is 4.79 Å². The zero-order valence-electron chi connectivity index (χ0n) is 16.7. The molecule has 0 unspecified atom stereocenters. The van der Waals surface area contributed by atoms with Crippen molar-refractivity contribution in [2.24, 2.45) is 0 Å². The number of hydrogen-bond acceptors (Lipinski definition) is 1. The molecule has 3 aromatic rings. The Kier molecular flexibility index (Phi) is 4.86. The lowest BCUT2D eigenvalue weighted by molar-refractivity contribution is -0.108. The van der Waals surface area contributed by atoms with Crippen LogP contribution in [-0.4, -0.2) is 5.78 Å². The summed E-state index contributed by atoms with van der Waals surface area (Å²) in [7, 11) is 0. The molecule has 0 fully saturated rings. The molecular formula is C29H22O. The van der Waals surface area contributed by atoms with Gasteiger partial charge in [0, 0.05) is 16.7 Å². The summed E-state index contributed by atoms with van der Waals surface area (Å²) in [4.78, 5) is 14.0. The van der Waals surface area contributed by atoms with E-state index in [1.807, 2.05) is 78.9 Å². The highest BCUT2D eigenvalue weighted by molar-refractivity contribution is 6.53. The number of benzene rings is 3. The first kappa shape index (κ1) is 18.3. The topological polar surface area (TPSA) is 17.1 Å². The minimum Gasteiger partial charge on any atom is -0.289 e. The van der Waals surface area contributed by atoms with E-state index >= 15 is 0 Å². The smallest absolute Gasteiger partial charge is 0.195 e. The van der Waals surface area contributed by atoms with Crippen molar-refractivity contribution in [2.45, 2.75) is 12.8 Å². The molecule has 1 heteroatoms. The first-order chi connectivity index (χ1) is 14.8. The highest BCUT2D eigenvalue weighted by atomic mass is 16.1. The van der Waals surface area contributed by atoms with Gasteiger partial charge in [-0.15, -0.1) is 0 Å². The molecule has 0 amide bonds. The van der Waals surface area contributed by atoms with Crippen LogP contribution in [0.4, 0.5) is 0 Å². The van der Waals surface area contributed by atoms with E-state index in [4.69, 9.17) is 0 Å². The quantitative estimate of drug-likeness (QED) is 0.476. The van der Waals surface area contributed by atoms with Crippen LogP contribution in [0, 0.1) is 0 Å². The maximum absolute atomic E-state index is 14.0. The number of carbonyl (C=O) groups excluding carboxylic acids is 1. The number of hydrogen-bond donors (Lipinski definition) is 0. The molecule has 3 aromatic carbocycles. The normalized spacial score (nSPS) is 16.3. The van der Waals surface area contributed by atoms with Gasteiger partial charge in [-0.25, -0.2) is 0 Å². The lowest BCUT2D eigenvalue weighted by Crippen LogP contribution is -2.02. The van der Waals surface area contributed by atoms with Gasteiger partial charge in [0.25, 0.3) is 0 Å². The highest BCUT2D eigenvalue weighted by Crippen LogP contribution is 2.49. The molecule has 2 aliphatic carbocycles. The summed E-state index contributed by atoms with van der Waals surface area (Å²) < 4.78 is 0. The predicted octanol–water partition coefficient (Wildman–Crippen LogP) is 6.91. The molecule has 2 aliphatic rings. The largest absolute Gasteiger partial charge is 0.289 e. The minimum absolute atomic E-state index is 0.108. The van der Waals surface area contributed by atoms with Crippen molar-refractivity contribution in [1.82, 2.24) is 0 Å². The van der Waals surface area contributed by atoms with Gasteiger partial charge in [0.05, 0.1) is 0 Å². The summed E-state index contributed by atoms with van der Waals surface area (Å²) in [6.45, 7) is 0. The third-order valence-electron chi connectivity index (χ3n) is 5.73. The molecule has 30 heavy (non-hydrogen) atoms. The van der Waals surface area contributed by atoms with Crippen molar-refractivity contribution < 1.29 is 4.79 Å². The lowest BCUT2D eigenvalue weighted by Gasteiger charge is -2.17. The van der Waals surface area contributed by atoms with E-state index in [1.165, 1.54) is 5.57 Å². The highest BCUT2D eigenvalue weighted by Gasteiger charge is 2.35. The maximum Gasteiger partial charge on any atom is 0.195 e. The van der Waals surface area contributed by atoms with Crippen LogP contribution >= 0.6 is 0 Å². The van der Waals surface area contributed by atoms with E-state index in [-0.39, 0.29) is 5.78 Å². The van der Waals surface area contributed by atoms with Crippen LogP contribution in [0.2, 0.25) is 0 Å². The Hall–Kier alpha value is -3.71. The van der Waals surface area contributed by atoms with Gasteiger partial charge >= 0.3 is 0 Å². The van der Waals surface area contributed by atoms with Crippen LogP contribution < -0.4 is 0 Å². The molecule has 0 radical (unpaired) electrons. The van der Waals surface area contributed by atoms with Crippen LogP contribution in [0.25, 0.3) is 16.7 Å². The van der Waals surface area contributed by atoms with Crippen LogP contribution in [0.3, 0.4) is 0 Å². The van der Waals surface area contributed by atoms with Crippen molar-refractivity contribution in [3.63, 3.8) is 0 Å². The predicted molar refractivity (Wildman–Crippen MR) is 125 cm³/mol. The van der Waals surface area contributed by atoms with E-state index < -0.39 is 0 Å². The van der Waals surface area contributed by atoms with Crippen molar-refractivity contribution in [3.05, 3.63) is 137 Å². The first-order valence-electron chi connectivity index (χ1n) is 10.4. The second-order valence-electron chi connectivity index (χ2n) is 7.59. The molecule has 144 valence electrons. The van der Waals surface area contributed by atoms with Crippen molar-refractivity contribution in [1.29, 1.82) is 0 Å². The van der Waals surface area contributed by atoms with E-state index in [2.05, 4.69) is 30.4 Å². The minimum atomic E-state index is 0.108. The summed E-state index contributed by atoms with van der Waals surface area (Å²) in [5.74, 6) is 0.108. The Morgan fingerprint density at radius 3 is 1.47 bits per heavy atom. The fourth-order valence-corrected chi connectivity index (χ4v) is 4.39. The summed E-state index contributed by atoms with van der Waals surface area (Å²) >= 11 is 0. The Balaban J connectivity index is 1.85. The van der Waals surface area contributed by atoms with Crippen LogP contribution in [0.1, 0.15) is 29.5 Å². The van der Waals surface area contributed by atoms with E-state index in [0.717, 1.165) is 51.8 Å². The fourth-order valence-electron chi connectivity index (χ4n) is 4.39. The second kappa shape index (κ2) is 7.96. The van der Waals surface area contributed by atoms with Crippen molar-refractivity contribution in [3.8, 4) is 0 Å². The number of ketones is 1. The van der Waals surface area contributed by atoms with Gasteiger partial charge < -0.3 is 0 Å². The molecule has 0 saturated heterocycles.